The van der Waals surface area contributed by atoms with Gasteiger partial charge in [-0.25, -0.2) is 8.42 Å². The van der Waals surface area contributed by atoms with Gasteiger partial charge >= 0.3 is 0 Å². The van der Waals surface area contributed by atoms with Crippen LogP contribution >= 0.6 is 0 Å². The van der Waals surface area contributed by atoms with Crippen LogP contribution in [0.15, 0.2) is 41.3 Å². The number of aliphatic hydroxyl groups excluding tert-OH is 1. The molecule has 0 aliphatic heterocycles. The third-order valence-corrected chi connectivity index (χ3v) is 6.85. The second-order valence-corrected chi connectivity index (χ2v) is 9.65. The van der Waals surface area contributed by atoms with E-state index in [0.29, 0.717) is 29.7 Å². The van der Waals surface area contributed by atoms with Crippen LogP contribution in [0.25, 0.3) is 0 Å². The Kier molecular flexibility index (Phi) is 9.41. The molecule has 0 aliphatic rings. The molecule has 0 spiro atoms. The molecule has 2 N–H and O–H groups in total. The van der Waals surface area contributed by atoms with Gasteiger partial charge in [-0.05, 0) is 50.5 Å². The summed E-state index contributed by atoms with van der Waals surface area (Å²) in [5.74, 6) is -0.154. The monoisotopic (exact) mass is 462 g/mol. The third-order valence-electron chi connectivity index (χ3n) is 5.03. The first-order valence-corrected chi connectivity index (χ1v) is 12.3. The molecule has 8 heteroatoms. The molecule has 7 nitrogen and oxygen atoms in total. The number of hydrogen-bond donors (Lipinski definition) is 2. The Labute approximate surface area is 189 Å². The number of aliphatic hydroxyl groups is 1. The fraction of sp³-hybridized carbons (Fsp3) is 0.417. The summed E-state index contributed by atoms with van der Waals surface area (Å²) in [5.41, 5.74) is 1.20. The number of aromatic hydroxyl groups is 1. The Morgan fingerprint density at radius 2 is 1.72 bits per heavy atom. The Hall–Kier alpha value is -2.71. The molecule has 2 aromatic carbocycles. The van der Waals surface area contributed by atoms with Crippen LogP contribution in [-0.2, 0) is 16.3 Å². The van der Waals surface area contributed by atoms with Crippen molar-refractivity contribution >= 4 is 21.4 Å². The molecule has 0 bridgehead atoms. The zero-order valence-corrected chi connectivity index (χ0v) is 19.3. The van der Waals surface area contributed by atoms with Crippen LogP contribution in [0.1, 0.15) is 65.8 Å². The minimum Gasteiger partial charge on any atom is -0.507 e. The van der Waals surface area contributed by atoms with E-state index < -0.39 is 9.84 Å². The highest BCUT2D eigenvalue weighted by Crippen LogP contribution is 2.33. The quantitative estimate of drug-likeness (QED) is 0.344. The normalized spacial score (nSPS) is 11.3. The predicted molar refractivity (Wildman–Crippen MR) is 121 cm³/mol. The molecule has 0 aliphatic carbocycles. The second kappa shape index (κ2) is 11.8. The fourth-order valence-electron chi connectivity index (χ4n) is 3.31. The van der Waals surface area contributed by atoms with Gasteiger partial charge in [0.25, 0.3) is 0 Å². The first-order chi connectivity index (χ1) is 15.2. The van der Waals surface area contributed by atoms with Gasteiger partial charge in [0.2, 0.25) is 0 Å². The number of ketones is 2. The molecule has 0 unspecified atom stereocenters. The maximum atomic E-state index is 12.6. The molecular formula is C24H30O7S. The van der Waals surface area contributed by atoms with Gasteiger partial charge in [0.1, 0.15) is 11.5 Å². The van der Waals surface area contributed by atoms with E-state index in [0.717, 1.165) is 6.42 Å². The summed E-state index contributed by atoms with van der Waals surface area (Å²) in [6, 6.07) is 8.94. The van der Waals surface area contributed by atoms with E-state index in [4.69, 9.17) is 9.84 Å². The Morgan fingerprint density at radius 1 is 1.03 bits per heavy atom. The highest BCUT2D eigenvalue weighted by Gasteiger charge is 2.18. The summed E-state index contributed by atoms with van der Waals surface area (Å²) in [4.78, 5) is 23.7. The molecule has 0 amide bonds. The van der Waals surface area contributed by atoms with Gasteiger partial charge in [0.05, 0.1) is 22.8 Å². The summed E-state index contributed by atoms with van der Waals surface area (Å²) >= 11 is 0. The van der Waals surface area contributed by atoms with Crippen molar-refractivity contribution < 1.29 is 33.0 Å². The average Bonchev–Trinajstić information content (AvgIpc) is 2.77. The fourth-order valence-corrected chi connectivity index (χ4v) is 4.59. The maximum absolute atomic E-state index is 12.6. The number of sulfone groups is 1. The number of phenols is 1. The lowest BCUT2D eigenvalue weighted by atomic mass is 10.0. The molecule has 0 atom stereocenters. The molecular weight excluding hydrogens is 432 g/mol. The summed E-state index contributed by atoms with van der Waals surface area (Å²) < 4.78 is 30.9. The molecule has 174 valence electrons. The van der Waals surface area contributed by atoms with E-state index in [-0.39, 0.29) is 59.6 Å². The van der Waals surface area contributed by atoms with Crippen LogP contribution in [0, 0.1) is 0 Å². The predicted octanol–water partition coefficient (Wildman–Crippen LogP) is 3.75. The van der Waals surface area contributed by atoms with Gasteiger partial charge in [0.15, 0.2) is 21.4 Å². The lowest BCUT2D eigenvalue weighted by Gasteiger charge is -2.14. The summed E-state index contributed by atoms with van der Waals surface area (Å²) in [6.07, 6.45) is 2.10. The Bertz CT molecular complexity index is 1040. The largest absolute Gasteiger partial charge is 0.507 e. The molecule has 32 heavy (non-hydrogen) atoms. The van der Waals surface area contributed by atoms with Crippen LogP contribution < -0.4 is 4.74 Å². The number of hydrogen-bond acceptors (Lipinski definition) is 7. The number of carbonyl (C=O) groups is 2. The van der Waals surface area contributed by atoms with E-state index in [9.17, 15) is 23.1 Å². The minimum absolute atomic E-state index is 0.0687. The lowest BCUT2D eigenvalue weighted by Crippen LogP contribution is -2.11. The zero-order chi connectivity index (χ0) is 23.7. The van der Waals surface area contributed by atoms with E-state index in [1.807, 2.05) is 6.92 Å². The first-order valence-electron chi connectivity index (χ1n) is 10.7. The van der Waals surface area contributed by atoms with Crippen LogP contribution in [0.4, 0.5) is 0 Å². The minimum atomic E-state index is -3.55. The van der Waals surface area contributed by atoms with Crippen molar-refractivity contribution in [3.63, 3.8) is 0 Å². The van der Waals surface area contributed by atoms with Crippen LogP contribution in [0.2, 0.25) is 0 Å². The summed E-state index contributed by atoms with van der Waals surface area (Å²) in [6.45, 7) is 3.39. The highest BCUT2D eigenvalue weighted by atomic mass is 32.2. The van der Waals surface area contributed by atoms with Crippen LogP contribution in [-0.4, -0.2) is 49.2 Å². The van der Waals surface area contributed by atoms with Gasteiger partial charge < -0.3 is 14.9 Å². The van der Waals surface area contributed by atoms with E-state index in [1.54, 1.807) is 6.07 Å². The smallest absolute Gasteiger partial charge is 0.178 e. The molecule has 0 aromatic heterocycles. The number of benzene rings is 2. The van der Waals surface area contributed by atoms with E-state index >= 15 is 0 Å². The van der Waals surface area contributed by atoms with Crippen LogP contribution in [0.5, 0.6) is 11.5 Å². The topological polar surface area (TPSA) is 118 Å². The number of Topliss-reactive ketones (excluding diaryl/α,β-unsaturated/α-hetero) is 2. The number of phenolic OH excluding ortho intramolecular Hbond substituents is 1. The van der Waals surface area contributed by atoms with Crippen molar-refractivity contribution in [3.8, 4) is 11.5 Å². The van der Waals surface area contributed by atoms with Gasteiger partial charge in [-0.2, -0.15) is 0 Å². The Balaban J connectivity index is 1.99. The molecule has 0 fully saturated rings. The highest BCUT2D eigenvalue weighted by molar-refractivity contribution is 7.91. The van der Waals surface area contributed by atoms with Gasteiger partial charge in [0, 0.05) is 24.2 Å². The number of carbonyl (C=O) groups excluding carboxylic acids is 2. The van der Waals surface area contributed by atoms with Gasteiger partial charge in [-0.15, -0.1) is 0 Å². The third kappa shape index (κ3) is 6.64. The standard InChI is InChI=1S/C24H30O7S/c1-3-6-21-23(13-12-20(17(2)26)24(21)28)31-15-5-16-32(29,30)19-10-8-18(9-11-19)22(27)7-4-14-25/h8-13,25,28H,3-7,14-16H2,1-2H3. The van der Waals surface area contributed by atoms with E-state index in [2.05, 4.69) is 0 Å². The van der Waals surface area contributed by atoms with Gasteiger partial charge in [-0.1, -0.05) is 25.5 Å². The summed E-state index contributed by atoms with van der Waals surface area (Å²) in [7, 11) is -3.55. The first kappa shape index (κ1) is 25.5. The molecule has 0 saturated heterocycles. The molecule has 0 heterocycles. The number of rotatable bonds is 13. The van der Waals surface area contributed by atoms with Crippen molar-refractivity contribution in [1.82, 2.24) is 0 Å². The van der Waals surface area contributed by atoms with Gasteiger partial charge in [-0.3, -0.25) is 9.59 Å². The lowest BCUT2D eigenvalue weighted by molar-refractivity contribution is 0.0969. The van der Waals surface area contributed by atoms with Crippen molar-refractivity contribution in [2.45, 2.75) is 50.8 Å². The Morgan fingerprint density at radius 3 is 2.31 bits per heavy atom. The van der Waals surface area contributed by atoms with E-state index in [1.165, 1.54) is 37.3 Å². The second-order valence-electron chi connectivity index (χ2n) is 7.54. The zero-order valence-electron chi connectivity index (χ0n) is 18.5. The maximum Gasteiger partial charge on any atom is 0.178 e. The molecule has 2 rings (SSSR count). The molecule has 2 aromatic rings. The van der Waals surface area contributed by atoms with Crippen molar-refractivity contribution in [3.05, 3.63) is 53.1 Å². The number of ether oxygens (including phenoxy) is 1. The summed E-state index contributed by atoms with van der Waals surface area (Å²) in [5, 5.41) is 19.2. The van der Waals surface area contributed by atoms with Crippen LogP contribution in [0.3, 0.4) is 0 Å². The molecule has 0 radical (unpaired) electrons. The van der Waals surface area contributed by atoms with Crippen molar-refractivity contribution in [2.75, 3.05) is 19.0 Å². The molecule has 0 saturated carbocycles. The SMILES string of the molecule is CCCc1c(OCCCS(=O)(=O)c2ccc(C(=O)CCCO)cc2)ccc(C(C)=O)c1O. The van der Waals surface area contributed by atoms with Crippen molar-refractivity contribution in [1.29, 1.82) is 0 Å². The average molecular weight is 463 g/mol. The van der Waals surface area contributed by atoms with Crippen molar-refractivity contribution in [2.24, 2.45) is 0 Å².